The molecule has 0 aliphatic carbocycles. The molecule has 10 heavy (non-hydrogen) atoms. The van der Waals surface area contributed by atoms with Crippen LogP contribution in [-0.2, 0) is 0 Å². The van der Waals surface area contributed by atoms with E-state index in [4.69, 9.17) is 0 Å². The third kappa shape index (κ3) is 9.38. The maximum atomic E-state index is 9.17. The highest BCUT2D eigenvalue weighted by Gasteiger charge is 2.12. The fourth-order valence-corrected chi connectivity index (χ4v) is 0.960. The number of likely N-dealkylation sites (N-methyl/N-ethyl adjacent to an activating group) is 1. The van der Waals surface area contributed by atoms with Gasteiger partial charge in [0.05, 0.1) is 21.1 Å². The van der Waals surface area contributed by atoms with Crippen molar-refractivity contribution >= 4 is 22.6 Å². The fourth-order valence-electron chi connectivity index (χ4n) is 0.681. The molecule has 0 aromatic heterocycles. The van der Waals surface area contributed by atoms with Crippen LogP contribution in [0, 0.1) is 0 Å². The summed E-state index contributed by atoms with van der Waals surface area (Å²) in [5.74, 6) is 0. The number of rotatable bonds is 3. The Morgan fingerprint density at radius 3 is 1.90 bits per heavy atom. The highest BCUT2D eigenvalue weighted by atomic mass is 127. The van der Waals surface area contributed by atoms with Gasteiger partial charge in [-0.3, -0.25) is 0 Å². The van der Waals surface area contributed by atoms with Crippen LogP contribution in [0.1, 0.15) is 0 Å². The van der Waals surface area contributed by atoms with Gasteiger partial charge >= 0.3 is 0 Å². The molecular weight excluding hydrogens is 356 g/mol. The normalized spacial score (nSPS) is 14.1. The molecule has 0 fully saturated rings. The molecule has 0 saturated carbocycles. The van der Waals surface area contributed by atoms with Gasteiger partial charge < -0.3 is 33.6 Å². The molecule has 0 aromatic carbocycles. The van der Waals surface area contributed by atoms with Gasteiger partial charge in [-0.2, -0.15) is 0 Å². The van der Waals surface area contributed by atoms with Crippen molar-refractivity contribution in [3.63, 3.8) is 0 Å². The van der Waals surface area contributed by atoms with Gasteiger partial charge in [0.1, 0.15) is 12.6 Å². The van der Waals surface area contributed by atoms with E-state index in [2.05, 4.69) is 43.7 Å². The van der Waals surface area contributed by atoms with Crippen molar-refractivity contribution < 1.29 is 33.6 Å². The fraction of sp³-hybridized carbons (Fsp3) is 1.00. The molecule has 0 aliphatic rings. The quantitative estimate of drug-likeness (QED) is 0.331. The SMILES string of the molecule is C[N+](C)(C)CC(O)CI.[I-]. The summed E-state index contributed by atoms with van der Waals surface area (Å²) in [6, 6.07) is 0. The summed E-state index contributed by atoms with van der Waals surface area (Å²) in [6.07, 6.45) is -0.148. The first-order chi connectivity index (χ1) is 3.95. The molecule has 1 unspecified atom stereocenters. The van der Waals surface area contributed by atoms with Crippen LogP contribution in [0.4, 0.5) is 0 Å². The Balaban J connectivity index is 0. The van der Waals surface area contributed by atoms with Crippen LogP contribution in [-0.4, -0.2) is 47.8 Å². The first-order valence-corrected chi connectivity index (χ1v) is 4.53. The minimum Gasteiger partial charge on any atom is -1.00 e. The highest BCUT2D eigenvalue weighted by molar-refractivity contribution is 14.1. The first-order valence-electron chi connectivity index (χ1n) is 3.00. The van der Waals surface area contributed by atoms with Crippen LogP contribution in [0.15, 0.2) is 0 Å². The van der Waals surface area contributed by atoms with Gasteiger partial charge in [0.2, 0.25) is 0 Å². The van der Waals surface area contributed by atoms with Gasteiger partial charge in [-0.1, -0.05) is 22.6 Å². The van der Waals surface area contributed by atoms with E-state index < -0.39 is 0 Å². The molecular formula is C6H15I2NO. The van der Waals surface area contributed by atoms with Gasteiger partial charge in [-0.25, -0.2) is 0 Å². The molecule has 2 nitrogen and oxygen atoms in total. The highest BCUT2D eigenvalue weighted by Crippen LogP contribution is 1.97. The molecule has 0 amide bonds. The zero-order valence-electron chi connectivity index (χ0n) is 6.64. The topological polar surface area (TPSA) is 20.2 Å². The van der Waals surface area contributed by atoms with Gasteiger partial charge in [-0.05, 0) is 0 Å². The number of aliphatic hydroxyl groups is 1. The smallest absolute Gasteiger partial charge is 0.112 e. The maximum absolute atomic E-state index is 9.17. The third-order valence-electron chi connectivity index (χ3n) is 0.937. The lowest BCUT2D eigenvalue weighted by Crippen LogP contribution is -3.00. The van der Waals surface area contributed by atoms with Crippen LogP contribution in [0.3, 0.4) is 0 Å². The lowest BCUT2D eigenvalue weighted by atomic mass is 10.3. The van der Waals surface area contributed by atoms with Gasteiger partial charge in [0, 0.05) is 4.43 Å². The number of halogens is 2. The van der Waals surface area contributed by atoms with E-state index in [1.807, 2.05) is 0 Å². The monoisotopic (exact) mass is 371 g/mol. The minimum atomic E-state index is -0.148. The summed E-state index contributed by atoms with van der Waals surface area (Å²) in [4.78, 5) is 0. The third-order valence-corrected chi connectivity index (χ3v) is 1.95. The average molecular weight is 371 g/mol. The van der Waals surface area contributed by atoms with Gasteiger partial charge in [0.15, 0.2) is 0 Å². The van der Waals surface area contributed by atoms with E-state index >= 15 is 0 Å². The Morgan fingerprint density at radius 1 is 1.40 bits per heavy atom. The largest absolute Gasteiger partial charge is 1.00 e. The molecule has 1 atom stereocenters. The Kier molecular flexibility index (Phi) is 8.30. The zero-order valence-corrected chi connectivity index (χ0v) is 11.0. The number of hydrogen-bond donors (Lipinski definition) is 1. The van der Waals surface area contributed by atoms with E-state index in [9.17, 15) is 5.11 Å². The molecule has 0 radical (unpaired) electrons. The second-order valence-electron chi connectivity index (χ2n) is 3.28. The molecule has 0 aromatic rings. The second kappa shape index (κ2) is 5.96. The van der Waals surface area contributed by atoms with Crippen molar-refractivity contribution in [2.75, 3.05) is 32.1 Å². The molecule has 0 heterocycles. The number of hydrogen-bond acceptors (Lipinski definition) is 1. The second-order valence-corrected chi connectivity index (χ2v) is 4.16. The number of quaternary nitrogens is 1. The number of nitrogens with zero attached hydrogens (tertiary/aromatic N) is 1. The molecule has 0 bridgehead atoms. The summed E-state index contributed by atoms with van der Waals surface area (Å²) in [6.45, 7) is 0.836. The lowest BCUT2D eigenvalue weighted by Gasteiger charge is -2.25. The van der Waals surface area contributed by atoms with E-state index in [0.717, 1.165) is 15.5 Å². The summed E-state index contributed by atoms with van der Waals surface area (Å²) in [5, 5.41) is 9.17. The summed E-state index contributed by atoms with van der Waals surface area (Å²) >= 11 is 2.19. The lowest BCUT2D eigenvalue weighted by molar-refractivity contribution is -0.873. The Bertz CT molecular complexity index is 82.3. The molecule has 0 rings (SSSR count). The zero-order chi connectivity index (χ0) is 7.49. The molecule has 4 heteroatoms. The van der Waals surface area contributed by atoms with E-state index in [-0.39, 0.29) is 30.1 Å². The molecule has 64 valence electrons. The van der Waals surface area contributed by atoms with Gasteiger partial charge in [-0.15, -0.1) is 0 Å². The summed E-state index contributed by atoms with van der Waals surface area (Å²) in [5.41, 5.74) is 0. The van der Waals surface area contributed by atoms with Crippen molar-refractivity contribution in [3.8, 4) is 0 Å². The van der Waals surface area contributed by atoms with E-state index in [1.165, 1.54) is 0 Å². The van der Waals surface area contributed by atoms with Crippen molar-refractivity contribution in [1.29, 1.82) is 0 Å². The number of aliphatic hydroxyl groups excluding tert-OH is 1. The van der Waals surface area contributed by atoms with Crippen molar-refractivity contribution in [2.45, 2.75) is 6.10 Å². The summed E-state index contributed by atoms with van der Waals surface area (Å²) < 4.78 is 1.66. The Labute approximate surface area is 93.7 Å². The van der Waals surface area contributed by atoms with Crippen LogP contribution in [0.5, 0.6) is 0 Å². The van der Waals surface area contributed by atoms with Crippen LogP contribution < -0.4 is 24.0 Å². The van der Waals surface area contributed by atoms with Crippen LogP contribution in [0.25, 0.3) is 0 Å². The molecule has 1 N–H and O–H groups in total. The minimum absolute atomic E-state index is 0. The van der Waals surface area contributed by atoms with Crippen molar-refractivity contribution in [1.82, 2.24) is 0 Å². The maximum Gasteiger partial charge on any atom is 0.112 e. The predicted molar refractivity (Wildman–Crippen MR) is 47.8 cm³/mol. The summed E-state index contributed by atoms with van der Waals surface area (Å²) in [7, 11) is 6.24. The molecule has 0 spiro atoms. The van der Waals surface area contributed by atoms with Crippen LogP contribution >= 0.6 is 22.6 Å². The van der Waals surface area contributed by atoms with Crippen molar-refractivity contribution in [2.24, 2.45) is 0 Å². The Hall–Kier alpha value is 1.38. The van der Waals surface area contributed by atoms with Crippen LogP contribution in [0.2, 0.25) is 0 Å². The van der Waals surface area contributed by atoms with E-state index in [1.54, 1.807) is 0 Å². The average Bonchev–Trinajstić information content (AvgIpc) is 1.62. The molecule has 0 saturated heterocycles. The Morgan fingerprint density at radius 2 is 1.80 bits per heavy atom. The van der Waals surface area contributed by atoms with Crippen molar-refractivity contribution in [3.05, 3.63) is 0 Å². The van der Waals surface area contributed by atoms with Gasteiger partial charge in [0.25, 0.3) is 0 Å². The first kappa shape index (κ1) is 13.9. The van der Waals surface area contributed by atoms with E-state index in [0.29, 0.717) is 0 Å². The standard InChI is InChI=1S/C6H15INO.HI/c1-8(2,3)5-6(9)4-7;/h6,9H,4-5H2,1-3H3;1H/q+1;/p-1. The number of alkyl halides is 1. The molecule has 0 aliphatic heterocycles. The predicted octanol–water partition coefficient (Wildman–Crippen LogP) is -2.51.